The summed E-state index contributed by atoms with van der Waals surface area (Å²) in [6, 6.07) is 8.15. The highest BCUT2D eigenvalue weighted by atomic mass is 16.5. The monoisotopic (exact) mass is 318 g/mol. The van der Waals surface area contributed by atoms with E-state index in [1.165, 1.54) is 0 Å². The molecule has 0 aromatic heterocycles. The third kappa shape index (κ3) is 3.78. The summed E-state index contributed by atoms with van der Waals surface area (Å²) in [5, 5.41) is 0. The minimum Gasteiger partial charge on any atom is -0.492 e. The quantitative estimate of drug-likeness (QED) is 0.853. The van der Waals surface area contributed by atoms with E-state index in [2.05, 4.69) is 11.0 Å². The highest BCUT2D eigenvalue weighted by Crippen LogP contribution is 2.29. The van der Waals surface area contributed by atoms with Crippen LogP contribution in [0.5, 0.6) is 5.75 Å². The number of carbonyl (C=O) groups excluding carboxylic acids is 1. The summed E-state index contributed by atoms with van der Waals surface area (Å²) in [4.78, 5) is 16.9. The molecule has 5 heteroatoms. The standard InChI is InChI=1S/C18H26N2O3/c1-2-23-17-6-4-3-5-16(17)19-9-11-20(12-10-19)18(21)15-7-13-22-14-8-15/h3-6,15H,2,7-14H2,1H3. The Morgan fingerprint density at radius 2 is 1.87 bits per heavy atom. The van der Waals surface area contributed by atoms with E-state index in [0.717, 1.165) is 63.7 Å². The molecular formula is C18H26N2O3. The molecule has 0 spiro atoms. The molecule has 1 aromatic carbocycles. The van der Waals surface area contributed by atoms with Crippen molar-refractivity contribution in [3.63, 3.8) is 0 Å². The molecule has 0 saturated carbocycles. The van der Waals surface area contributed by atoms with Crippen molar-refractivity contribution in [1.29, 1.82) is 0 Å². The summed E-state index contributed by atoms with van der Waals surface area (Å²) >= 11 is 0. The molecule has 3 rings (SSSR count). The van der Waals surface area contributed by atoms with Crippen molar-refractivity contribution in [3.05, 3.63) is 24.3 Å². The van der Waals surface area contributed by atoms with Gasteiger partial charge < -0.3 is 19.3 Å². The molecule has 0 bridgehead atoms. The smallest absolute Gasteiger partial charge is 0.225 e. The number of para-hydroxylation sites is 2. The van der Waals surface area contributed by atoms with E-state index in [0.29, 0.717) is 12.5 Å². The minimum absolute atomic E-state index is 0.158. The maximum Gasteiger partial charge on any atom is 0.225 e. The number of nitrogens with zero attached hydrogens (tertiary/aromatic N) is 2. The number of ether oxygens (including phenoxy) is 2. The first-order valence-corrected chi connectivity index (χ1v) is 8.63. The number of benzene rings is 1. The van der Waals surface area contributed by atoms with Crippen molar-refractivity contribution < 1.29 is 14.3 Å². The molecule has 2 fully saturated rings. The normalized spacial score (nSPS) is 19.7. The van der Waals surface area contributed by atoms with E-state index in [1.54, 1.807) is 0 Å². The maximum atomic E-state index is 12.6. The van der Waals surface area contributed by atoms with E-state index in [4.69, 9.17) is 9.47 Å². The van der Waals surface area contributed by atoms with Crippen LogP contribution in [0.4, 0.5) is 5.69 Å². The Kier molecular flexibility index (Phi) is 5.39. The summed E-state index contributed by atoms with van der Waals surface area (Å²) in [6.07, 6.45) is 1.73. The number of carbonyl (C=O) groups is 1. The second kappa shape index (κ2) is 7.68. The van der Waals surface area contributed by atoms with Gasteiger partial charge in [-0.15, -0.1) is 0 Å². The zero-order valence-corrected chi connectivity index (χ0v) is 13.9. The van der Waals surface area contributed by atoms with Gasteiger partial charge in [-0.05, 0) is 31.9 Å². The number of anilines is 1. The lowest BCUT2D eigenvalue weighted by molar-refractivity contribution is -0.138. The molecule has 0 unspecified atom stereocenters. The van der Waals surface area contributed by atoms with Crippen LogP contribution in [-0.2, 0) is 9.53 Å². The Morgan fingerprint density at radius 1 is 1.17 bits per heavy atom. The van der Waals surface area contributed by atoms with E-state index in [9.17, 15) is 4.79 Å². The first-order valence-electron chi connectivity index (χ1n) is 8.63. The summed E-state index contributed by atoms with van der Waals surface area (Å²) in [6.45, 7) is 7.40. The number of piperazine rings is 1. The highest BCUT2D eigenvalue weighted by molar-refractivity contribution is 5.79. The van der Waals surface area contributed by atoms with E-state index < -0.39 is 0 Å². The van der Waals surface area contributed by atoms with Crippen LogP contribution in [0.15, 0.2) is 24.3 Å². The van der Waals surface area contributed by atoms with E-state index >= 15 is 0 Å². The first-order chi connectivity index (χ1) is 11.3. The second-order valence-electron chi connectivity index (χ2n) is 6.10. The van der Waals surface area contributed by atoms with Crippen LogP contribution in [0, 0.1) is 5.92 Å². The largest absolute Gasteiger partial charge is 0.492 e. The molecule has 0 atom stereocenters. The predicted octanol–water partition coefficient (Wildman–Crippen LogP) is 2.16. The van der Waals surface area contributed by atoms with Crippen LogP contribution in [-0.4, -0.2) is 56.8 Å². The van der Waals surface area contributed by atoms with Gasteiger partial charge in [-0.3, -0.25) is 4.79 Å². The molecule has 126 valence electrons. The molecule has 2 aliphatic rings. The Bertz CT molecular complexity index is 521. The van der Waals surface area contributed by atoms with Crippen molar-refractivity contribution in [2.45, 2.75) is 19.8 Å². The third-order valence-corrected chi connectivity index (χ3v) is 4.67. The van der Waals surface area contributed by atoms with Gasteiger partial charge in [-0.2, -0.15) is 0 Å². The van der Waals surface area contributed by atoms with Crippen molar-refractivity contribution in [2.24, 2.45) is 5.92 Å². The Labute approximate surface area is 138 Å². The fourth-order valence-corrected chi connectivity index (χ4v) is 3.37. The summed E-state index contributed by atoms with van der Waals surface area (Å²) < 4.78 is 11.1. The van der Waals surface area contributed by atoms with Crippen molar-refractivity contribution in [3.8, 4) is 5.75 Å². The number of rotatable bonds is 4. The average Bonchev–Trinajstić information content (AvgIpc) is 2.63. The van der Waals surface area contributed by atoms with Crippen LogP contribution in [0.2, 0.25) is 0 Å². The number of hydrogen-bond donors (Lipinski definition) is 0. The Balaban J connectivity index is 1.59. The van der Waals surface area contributed by atoms with Gasteiger partial charge in [0.1, 0.15) is 5.75 Å². The lowest BCUT2D eigenvalue weighted by Gasteiger charge is -2.38. The molecule has 2 aliphatic heterocycles. The van der Waals surface area contributed by atoms with Gasteiger partial charge in [0.25, 0.3) is 0 Å². The highest BCUT2D eigenvalue weighted by Gasteiger charge is 2.29. The third-order valence-electron chi connectivity index (χ3n) is 4.67. The average molecular weight is 318 g/mol. The van der Waals surface area contributed by atoms with Crippen LogP contribution >= 0.6 is 0 Å². The molecule has 2 saturated heterocycles. The molecular weight excluding hydrogens is 292 g/mol. The molecule has 1 aromatic rings. The topological polar surface area (TPSA) is 42.0 Å². The summed E-state index contributed by atoms with van der Waals surface area (Å²) in [5.41, 5.74) is 1.13. The number of amides is 1. The van der Waals surface area contributed by atoms with E-state index in [-0.39, 0.29) is 5.92 Å². The molecule has 2 heterocycles. The Hall–Kier alpha value is -1.75. The van der Waals surface area contributed by atoms with Crippen molar-refractivity contribution in [1.82, 2.24) is 4.90 Å². The molecule has 0 aliphatic carbocycles. The second-order valence-corrected chi connectivity index (χ2v) is 6.10. The fourth-order valence-electron chi connectivity index (χ4n) is 3.37. The van der Waals surface area contributed by atoms with Crippen LogP contribution < -0.4 is 9.64 Å². The van der Waals surface area contributed by atoms with Crippen molar-refractivity contribution in [2.75, 3.05) is 50.9 Å². The summed E-state index contributed by atoms with van der Waals surface area (Å²) in [7, 11) is 0. The van der Waals surface area contributed by atoms with Crippen LogP contribution in [0.3, 0.4) is 0 Å². The van der Waals surface area contributed by atoms with Gasteiger partial charge in [0.2, 0.25) is 5.91 Å². The van der Waals surface area contributed by atoms with Gasteiger partial charge in [-0.25, -0.2) is 0 Å². The predicted molar refractivity (Wildman–Crippen MR) is 89.9 cm³/mol. The zero-order valence-electron chi connectivity index (χ0n) is 13.9. The fraction of sp³-hybridized carbons (Fsp3) is 0.611. The van der Waals surface area contributed by atoms with Gasteiger partial charge in [0.15, 0.2) is 0 Å². The van der Waals surface area contributed by atoms with Gasteiger partial charge in [0.05, 0.1) is 12.3 Å². The van der Waals surface area contributed by atoms with E-state index in [1.807, 2.05) is 30.0 Å². The molecule has 1 amide bonds. The lowest BCUT2D eigenvalue weighted by Crippen LogP contribution is -2.51. The minimum atomic E-state index is 0.158. The molecule has 0 radical (unpaired) electrons. The summed E-state index contributed by atoms with van der Waals surface area (Å²) in [5.74, 6) is 1.40. The van der Waals surface area contributed by atoms with Gasteiger partial charge in [0, 0.05) is 45.3 Å². The Morgan fingerprint density at radius 3 is 2.57 bits per heavy atom. The first kappa shape index (κ1) is 16.1. The SMILES string of the molecule is CCOc1ccccc1N1CCN(C(=O)C2CCOCC2)CC1. The lowest BCUT2D eigenvalue weighted by atomic mass is 9.98. The molecule has 23 heavy (non-hydrogen) atoms. The van der Waals surface area contributed by atoms with Crippen LogP contribution in [0.1, 0.15) is 19.8 Å². The van der Waals surface area contributed by atoms with Crippen molar-refractivity contribution >= 4 is 11.6 Å². The molecule has 5 nitrogen and oxygen atoms in total. The van der Waals surface area contributed by atoms with Crippen LogP contribution in [0.25, 0.3) is 0 Å². The van der Waals surface area contributed by atoms with Gasteiger partial charge >= 0.3 is 0 Å². The zero-order chi connectivity index (χ0) is 16.1. The number of hydrogen-bond acceptors (Lipinski definition) is 4. The van der Waals surface area contributed by atoms with Gasteiger partial charge in [-0.1, -0.05) is 12.1 Å². The maximum absolute atomic E-state index is 12.6. The molecule has 0 N–H and O–H groups in total.